The number of hydrogen-bond acceptors (Lipinski definition) is 6. The quantitative estimate of drug-likeness (QED) is 0.605. The summed E-state index contributed by atoms with van der Waals surface area (Å²) in [6.45, 7) is 4.11. The number of hydrogen-bond donors (Lipinski definition) is 2. The van der Waals surface area contributed by atoms with E-state index in [9.17, 15) is 14.4 Å². The molecule has 0 aliphatic heterocycles. The van der Waals surface area contributed by atoms with Gasteiger partial charge in [-0.3, -0.25) is 19.3 Å². The van der Waals surface area contributed by atoms with Crippen molar-refractivity contribution in [2.75, 3.05) is 7.05 Å². The van der Waals surface area contributed by atoms with E-state index < -0.39 is 5.91 Å². The van der Waals surface area contributed by atoms with Crippen molar-refractivity contribution < 1.29 is 19.1 Å². The van der Waals surface area contributed by atoms with Gasteiger partial charge in [-0.25, -0.2) is 4.98 Å². The summed E-state index contributed by atoms with van der Waals surface area (Å²) in [5.74, 6) is -0.0840. The van der Waals surface area contributed by atoms with Crippen LogP contribution in [0.5, 0.6) is 5.88 Å². The molecule has 1 heterocycles. The molecule has 1 unspecified atom stereocenters. The van der Waals surface area contributed by atoms with Gasteiger partial charge in [0.15, 0.2) is 0 Å². The maximum absolute atomic E-state index is 12.8. The number of amides is 3. The number of nitrogens with one attached hydrogen (secondary N) is 1. The Bertz CT molecular complexity index is 768. The van der Waals surface area contributed by atoms with Gasteiger partial charge in [0.2, 0.25) is 18.2 Å². The molecule has 1 aromatic rings. The molecule has 1 spiro atoms. The number of carbonyl (C=O) groups excluding carboxylic acids is 3. The number of nitrogens with zero attached hydrogens (tertiary/aromatic N) is 2. The Kier molecular flexibility index (Phi) is 6.21. The van der Waals surface area contributed by atoms with Crippen molar-refractivity contribution in [3.63, 3.8) is 0 Å². The average molecular weight is 402 g/mol. The molecule has 29 heavy (non-hydrogen) atoms. The van der Waals surface area contributed by atoms with Crippen LogP contribution in [0.3, 0.4) is 0 Å². The Balaban J connectivity index is 1.53. The van der Waals surface area contributed by atoms with E-state index in [1.165, 1.54) is 4.90 Å². The van der Waals surface area contributed by atoms with Crippen LogP contribution in [0, 0.1) is 11.3 Å². The lowest BCUT2D eigenvalue weighted by atomic mass is 9.52. The molecule has 0 bridgehead atoms. The zero-order valence-corrected chi connectivity index (χ0v) is 17.3. The van der Waals surface area contributed by atoms with E-state index in [1.54, 1.807) is 25.4 Å². The number of pyridine rings is 1. The van der Waals surface area contributed by atoms with E-state index in [0.29, 0.717) is 18.7 Å². The van der Waals surface area contributed by atoms with Crippen molar-refractivity contribution in [3.8, 4) is 5.88 Å². The van der Waals surface area contributed by atoms with Crippen LogP contribution in [-0.2, 0) is 9.59 Å². The molecule has 1 atom stereocenters. The molecule has 2 aliphatic rings. The molecule has 2 saturated carbocycles. The van der Waals surface area contributed by atoms with Gasteiger partial charge in [0.1, 0.15) is 11.7 Å². The average Bonchev–Trinajstić information content (AvgIpc) is 2.62. The lowest BCUT2D eigenvalue weighted by Crippen LogP contribution is -2.61. The van der Waals surface area contributed by atoms with Gasteiger partial charge < -0.3 is 15.8 Å². The summed E-state index contributed by atoms with van der Waals surface area (Å²) in [6, 6.07) is 2.85. The molecule has 0 saturated heterocycles. The fourth-order valence-electron chi connectivity index (χ4n) is 4.60. The van der Waals surface area contributed by atoms with E-state index in [-0.39, 0.29) is 41.0 Å². The van der Waals surface area contributed by atoms with Crippen LogP contribution in [0.1, 0.15) is 56.3 Å². The van der Waals surface area contributed by atoms with Gasteiger partial charge in [0.05, 0.1) is 6.04 Å². The summed E-state index contributed by atoms with van der Waals surface area (Å²) in [5.41, 5.74) is 5.75. The summed E-state index contributed by atoms with van der Waals surface area (Å²) in [7, 11) is 1.75. The van der Waals surface area contributed by atoms with Gasteiger partial charge in [0, 0.05) is 12.2 Å². The van der Waals surface area contributed by atoms with Gasteiger partial charge >= 0.3 is 0 Å². The normalized spacial score (nSPS) is 26.3. The number of likely N-dealkylation sites (N-methyl/N-ethyl adjacent to an activating group) is 1. The Labute approximate surface area is 171 Å². The highest BCUT2D eigenvalue weighted by atomic mass is 16.5. The number of imide groups is 1. The third-order valence-electron chi connectivity index (χ3n) is 6.09. The number of nitrogens with two attached hydrogens (primary N) is 1. The van der Waals surface area contributed by atoms with Crippen LogP contribution >= 0.6 is 0 Å². The maximum Gasteiger partial charge on any atom is 0.254 e. The molecule has 0 aromatic carbocycles. The molecule has 3 rings (SSSR count). The van der Waals surface area contributed by atoms with Crippen LogP contribution in [0.2, 0.25) is 0 Å². The molecule has 0 radical (unpaired) electrons. The fraction of sp³-hybridized carbons (Fsp3) is 0.619. The first kappa shape index (κ1) is 21.2. The van der Waals surface area contributed by atoms with Crippen LogP contribution in [-0.4, -0.2) is 53.3 Å². The minimum absolute atomic E-state index is 0.0321. The molecule has 158 valence electrons. The summed E-state index contributed by atoms with van der Waals surface area (Å²) in [5, 5.41) is 3.03. The largest absolute Gasteiger partial charge is 0.474 e. The van der Waals surface area contributed by atoms with Gasteiger partial charge in [-0.1, -0.05) is 13.8 Å². The highest BCUT2D eigenvalue weighted by Crippen LogP contribution is 2.58. The Morgan fingerprint density at radius 3 is 2.62 bits per heavy atom. The number of rotatable bonds is 9. The lowest BCUT2D eigenvalue weighted by Gasteiger charge is -2.58. The van der Waals surface area contributed by atoms with Crippen LogP contribution in [0.4, 0.5) is 0 Å². The van der Waals surface area contributed by atoms with E-state index >= 15 is 0 Å². The van der Waals surface area contributed by atoms with Crippen molar-refractivity contribution >= 4 is 18.2 Å². The first-order valence-corrected chi connectivity index (χ1v) is 10.1. The van der Waals surface area contributed by atoms with Gasteiger partial charge in [-0.15, -0.1) is 0 Å². The molecule has 8 nitrogen and oxygen atoms in total. The van der Waals surface area contributed by atoms with E-state index in [1.807, 2.05) is 0 Å². The van der Waals surface area contributed by atoms with E-state index in [4.69, 9.17) is 10.5 Å². The first-order valence-electron chi connectivity index (χ1n) is 10.1. The maximum atomic E-state index is 12.8. The van der Waals surface area contributed by atoms with Gasteiger partial charge in [-0.05, 0) is 62.6 Å². The summed E-state index contributed by atoms with van der Waals surface area (Å²) in [4.78, 5) is 41.3. The molecular formula is C21H30N4O4. The third kappa shape index (κ3) is 4.42. The van der Waals surface area contributed by atoms with Gasteiger partial charge in [0.25, 0.3) is 5.91 Å². The van der Waals surface area contributed by atoms with Gasteiger partial charge in [-0.2, -0.15) is 0 Å². The Hall–Kier alpha value is -2.48. The topological polar surface area (TPSA) is 115 Å². The number of aromatic nitrogens is 1. The number of ether oxygens (including phenoxy) is 1. The highest BCUT2D eigenvalue weighted by Gasteiger charge is 2.56. The van der Waals surface area contributed by atoms with Crippen molar-refractivity contribution in [1.82, 2.24) is 15.2 Å². The van der Waals surface area contributed by atoms with E-state index in [2.05, 4.69) is 24.1 Å². The number of carbonyl (C=O) groups is 3. The molecule has 3 amide bonds. The second kappa shape index (κ2) is 8.49. The SMILES string of the molecule is CNC(CC(C)C)C(=O)N(C=O)C1CC2(CC(Oc3ncccc3C(N)=O)C2)C1. The van der Waals surface area contributed by atoms with Crippen molar-refractivity contribution in [1.29, 1.82) is 0 Å². The summed E-state index contributed by atoms with van der Waals surface area (Å²) < 4.78 is 5.87. The zero-order valence-electron chi connectivity index (χ0n) is 17.3. The molecule has 2 fully saturated rings. The Morgan fingerprint density at radius 1 is 1.38 bits per heavy atom. The second-order valence-corrected chi connectivity index (χ2v) is 8.75. The minimum atomic E-state index is -0.563. The fourth-order valence-corrected chi connectivity index (χ4v) is 4.60. The highest BCUT2D eigenvalue weighted by molar-refractivity contribution is 5.95. The molecular weight excluding hydrogens is 372 g/mol. The predicted molar refractivity (Wildman–Crippen MR) is 107 cm³/mol. The minimum Gasteiger partial charge on any atom is -0.474 e. The Morgan fingerprint density at radius 2 is 2.07 bits per heavy atom. The van der Waals surface area contributed by atoms with Crippen molar-refractivity contribution in [2.24, 2.45) is 17.1 Å². The van der Waals surface area contributed by atoms with Crippen molar-refractivity contribution in [2.45, 2.75) is 64.1 Å². The smallest absolute Gasteiger partial charge is 0.254 e. The lowest BCUT2D eigenvalue weighted by molar-refractivity contribution is -0.156. The summed E-state index contributed by atoms with van der Waals surface area (Å²) in [6.07, 6.45) is 6.12. The second-order valence-electron chi connectivity index (χ2n) is 8.75. The standard InChI is InChI=1S/C21H30N4O4/c1-13(2)7-17(23-3)20(28)25(12-26)14-8-21(9-14)10-15(11-21)29-19-16(18(22)27)5-4-6-24-19/h4-6,12-15,17,23H,7-11H2,1-3H3,(H2,22,27). The predicted octanol–water partition coefficient (Wildman–Crippen LogP) is 1.49. The molecule has 2 aliphatic carbocycles. The van der Waals surface area contributed by atoms with E-state index in [0.717, 1.165) is 25.7 Å². The number of primary amides is 1. The third-order valence-corrected chi connectivity index (χ3v) is 6.09. The van der Waals surface area contributed by atoms with Crippen LogP contribution in [0.15, 0.2) is 18.3 Å². The van der Waals surface area contributed by atoms with Crippen LogP contribution in [0.25, 0.3) is 0 Å². The molecule has 1 aromatic heterocycles. The first-order chi connectivity index (χ1) is 13.8. The van der Waals surface area contributed by atoms with Crippen LogP contribution < -0.4 is 15.8 Å². The molecule has 8 heteroatoms. The zero-order chi connectivity index (χ0) is 21.2. The van der Waals surface area contributed by atoms with Crippen molar-refractivity contribution in [3.05, 3.63) is 23.9 Å². The summed E-state index contributed by atoms with van der Waals surface area (Å²) >= 11 is 0. The monoisotopic (exact) mass is 402 g/mol. The molecule has 3 N–H and O–H groups in total.